The zero-order valence-corrected chi connectivity index (χ0v) is 10.9. The summed E-state index contributed by atoms with van der Waals surface area (Å²) in [6, 6.07) is 5.09. The second kappa shape index (κ2) is 5.42. The Labute approximate surface area is 110 Å². The van der Waals surface area contributed by atoms with Crippen molar-refractivity contribution in [2.24, 2.45) is 5.92 Å². The zero-order chi connectivity index (χ0) is 14.0. The Bertz CT molecular complexity index is 526. The lowest BCUT2D eigenvalue weighted by atomic mass is 10.2. The maximum absolute atomic E-state index is 12.3. The topological polar surface area (TPSA) is 66.4 Å². The van der Waals surface area contributed by atoms with Crippen LogP contribution in [0.4, 0.5) is 14.5 Å². The maximum Gasteiger partial charge on any atom is 0.341 e. The molecule has 2 rings (SSSR count). The molecule has 1 unspecified atom stereocenters. The van der Waals surface area contributed by atoms with E-state index in [-0.39, 0.29) is 0 Å². The molecule has 1 fully saturated rings. The molecule has 1 aliphatic carbocycles. The SMILES string of the molecule is O=S(=O)(c1ccc(NCC(O)C2CC2)cc1)C(F)F. The van der Waals surface area contributed by atoms with Crippen molar-refractivity contribution < 1.29 is 22.3 Å². The van der Waals surface area contributed by atoms with E-state index in [9.17, 15) is 22.3 Å². The molecule has 1 saturated carbocycles. The van der Waals surface area contributed by atoms with Crippen LogP contribution < -0.4 is 5.32 Å². The lowest BCUT2D eigenvalue weighted by molar-refractivity contribution is 0.164. The molecule has 4 nitrogen and oxygen atoms in total. The molecule has 19 heavy (non-hydrogen) atoms. The van der Waals surface area contributed by atoms with Crippen LogP contribution in [0.25, 0.3) is 0 Å². The van der Waals surface area contributed by atoms with E-state index in [1.54, 1.807) is 0 Å². The van der Waals surface area contributed by atoms with Gasteiger partial charge in [0.25, 0.3) is 0 Å². The van der Waals surface area contributed by atoms with E-state index in [1.165, 1.54) is 12.1 Å². The van der Waals surface area contributed by atoms with Crippen molar-refractivity contribution in [2.45, 2.75) is 29.6 Å². The van der Waals surface area contributed by atoms with Crippen molar-refractivity contribution in [3.05, 3.63) is 24.3 Å². The molecular weight excluding hydrogens is 276 g/mol. The molecule has 2 N–H and O–H groups in total. The summed E-state index contributed by atoms with van der Waals surface area (Å²) in [7, 11) is -4.54. The van der Waals surface area contributed by atoms with Crippen LogP contribution >= 0.6 is 0 Å². The minimum Gasteiger partial charge on any atom is -0.391 e. The molecule has 0 aliphatic heterocycles. The maximum atomic E-state index is 12.3. The summed E-state index contributed by atoms with van der Waals surface area (Å²) in [5, 5.41) is 12.6. The third-order valence-corrected chi connectivity index (χ3v) is 4.50. The Morgan fingerprint density at radius 1 is 1.26 bits per heavy atom. The smallest absolute Gasteiger partial charge is 0.341 e. The number of aliphatic hydroxyl groups is 1. The van der Waals surface area contributed by atoms with Crippen molar-refractivity contribution in [1.29, 1.82) is 0 Å². The van der Waals surface area contributed by atoms with Crippen LogP contribution in [0.15, 0.2) is 29.2 Å². The first kappa shape index (κ1) is 14.2. The van der Waals surface area contributed by atoms with Crippen LogP contribution in [-0.2, 0) is 9.84 Å². The number of alkyl halides is 2. The summed E-state index contributed by atoms with van der Waals surface area (Å²) in [6.07, 6.45) is 1.62. The van der Waals surface area contributed by atoms with Crippen LogP contribution in [0.1, 0.15) is 12.8 Å². The summed E-state index contributed by atoms with van der Waals surface area (Å²) in [5.74, 6) is -3.08. The van der Waals surface area contributed by atoms with Gasteiger partial charge in [-0.05, 0) is 43.0 Å². The molecule has 0 amide bonds. The van der Waals surface area contributed by atoms with E-state index in [0.717, 1.165) is 25.0 Å². The molecule has 0 saturated heterocycles. The first-order valence-corrected chi connectivity index (χ1v) is 7.50. The quantitative estimate of drug-likeness (QED) is 0.839. The molecule has 0 heterocycles. The molecule has 1 aliphatic rings. The number of nitrogens with one attached hydrogen (secondary N) is 1. The molecule has 0 bridgehead atoms. The first-order valence-electron chi connectivity index (χ1n) is 5.95. The molecule has 7 heteroatoms. The minimum atomic E-state index is -4.54. The number of aliphatic hydroxyl groups excluding tert-OH is 1. The van der Waals surface area contributed by atoms with Gasteiger partial charge >= 0.3 is 5.76 Å². The van der Waals surface area contributed by atoms with Crippen LogP contribution in [0.3, 0.4) is 0 Å². The Kier molecular flexibility index (Phi) is 4.05. The predicted octanol–water partition coefficient (Wildman–Crippen LogP) is 1.87. The van der Waals surface area contributed by atoms with Crippen LogP contribution in [0.5, 0.6) is 0 Å². The van der Waals surface area contributed by atoms with Gasteiger partial charge in [-0.15, -0.1) is 0 Å². The highest BCUT2D eigenvalue weighted by Gasteiger charge is 2.29. The zero-order valence-electron chi connectivity index (χ0n) is 10.1. The van der Waals surface area contributed by atoms with E-state index in [2.05, 4.69) is 5.32 Å². The lowest BCUT2D eigenvalue weighted by Crippen LogP contribution is -2.21. The highest BCUT2D eigenvalue weighted by atomic mass is 32.2. The van der Waals surface area contributed by atoms with E-state index < -0.39 is 26.6 Å². The Hall–Kier alpha value is -1.21. The summed E-state index contributed by atoms with van der Waals surface area (Å²) < 4.78 is 47.0. The monoisotopic (exact) mass is 291 g/mol. The minimum absolute atomic E-state index is 0.339. The highest BCUT2D eigenvalue weighted by molar-refractivity contribution is 7.91. The number of benzene rings is 1. The number of rotatable bonds is 6. The molecule has 1 aromatic carbocycles. The van der Waals surface area contributed by atoms with Crippen LogP contribution in [0.2, 0.25) is 0 Å². The average molecular weight is 291 g/mol. The van der Waals surface area contributed by atoms with Gasteiger partial charge in [0.05, 0.1) is 11.0 Å². The van der Waals surface area contributed by atoms with Gasteiger partial charge < -0.3 is 10.4 Å². The summed E-state index contributed by atoms with van der Waals surface area (Å²) in [6.45, 7) is 0.367. The van der Waals surface area contributed by atoms with Gasteiger partial charge in [-0.3, -0.25) is 0 Å². The van der Waals surface area contributed by atoms with Gasteiger partial charge in [-0.1, -0.05) is 0 Å². The summed E-state index contributed by atoms with van der Waals surface area (Å²) in [5.41, 5.74) is 0.591. The Morgan fingerprint density at radius 2 is 1.84 bits per heavy atom. The van der Waals surface area contributed by atoms with Crippen molar-refractivity contribution in [3.8, 4) is 0 Å². The number of halogens is 2. The van der Waals surface area contributed by atoms with Gasteiger partial charge in [-0.25, -0.2) is 8.42 Å². The van der Waals surface area contributed by atoms with E-state index in [0.29, 0.717) is 18.2 Å². The summed E-state index contributed by atoms with van der Waals surface area (Å²) in [4.78, 5) is -0.407. The van der Waals surface area contributed by atoms with Gasteiger partial charge in [-0.2, -0.15) is 8.78 Å². The van der Waals surface area contributed by atoms with Crippen LogP contribution in [-0.4, -0.2) is 31.9 Å². The molecule has 106 valence electrons. The lowest BCUT2D eigenvalue weighted by Gasteiger charge is -2.12. The number of anilines is 1. The van der Waals surface area contributed by atoms with E-state index in [4.69, 9.17) is 0 Å². The Morgan fingerprint density at radius 3 is 2.32 bits per heavy atom. The van der Waals surface area contributed by atoms with Crippen molar-refractivity contribution in [2.75, 3.05) is 11.9 Å². The number of hydrogen-bond acceptors (Lipinski definition) is 4. The predicted molar refractivity (Wildman–Crippen MR) is 66.9 cm³/mol. The highest BCUT2D eigenvalue weighted by Crippen LogP contribution is 2.32. The van der Waals surface area contributed by atoms with Gasteiger partial charge in [0.2, 0.25) is 9.84 Å². The van der Waals surface area contributed by atoms with E-state index in [1.807, 2.05) is 0 Å². The molecule has 0 aromatic heterocycles. The summed E-state index contributed by atoms with van der Waals surface area (Å²) >= 11 is 0. The second-order valence-corrected chi connectivity index (χ2v) is 6.53. The number of hydrogen-bond donors (Lipinski definition) is 2. The molecule has 1 atom stereocenters. The molecule has 0 radical (unpaired) electrons. The fourth-order valence-corrected chi connectivity index (χ4v) is 2.46. The molecule has 1 aromatic rings. The average Bonchev–Trinajstić information content (AvgIpc) is 3.20. The van der Waals surface area contributed by atoms with Crippen molar-refractivity contribution in [1.82, 2.24) is 0 Å². The van der Waals surface area contributed by atoms with Crippen molar-refractivity contribution >= 4 is 15.5 Å². The first-order chi connectivity index (χ1) is 8.91. The third kappa shape index (κ3) is 3.42. The molecule has 0 spiro atoms. The third-order valence-electron chi connectivity index (χ3n) is 3.10. The molecular formula is C12H15F2NO3S. The largest absolute Gasteiger partial charge is 0.391 e. The van der Waals surface area contributed by atoms with Gasteiger partial charge in [0.1, 0.15) is 0 Å². The Balaban J connectivity index is 1.98. The fraction of sp³-hybridized carbons (Fsp3) is 0.500. The second-order valence-electron chi connectivity index (χ2n) is 4.62. The van der Waals surface area contributed by atoms with Gasteiger partial charge in [0, 0.05) is 12.2 Å². The standard InChI is InChI=1S/C12H15F2NO3S/c13-12(14)19(17,18)10-5-3-9(4-6-10)15-7-11(16)8-1-2-8/h3-6,8,11-12,15-16H,1-2,7H2. The number of sulfone groups is 1. The van der Waals surface area contributed by atoms with Crippen molar-refractivity contribution in [3.63, 3.8) is 0 Å². The van der Waals surface area contributed by atoms with E-state index >= 15 is 0 Å². The van der Waals surface area contributed by atoms with Gasteiger partial charge in [0.15, 0.2) is 0 Å². The normalized spacial score (nSPS) is 17.5. The van der Waals surface area contributed by atoms with Crippen LogP contribution in [0, 0.1) is 5.92 Å². The fourth-order valence-electron chi connectivity index (χ4n) is 1.74.